The van der Waals surface area contributed by atoms with Gasteiger partial charge in [0.2, 0.25) is 5.89 Å². The van der Waals surface area contributed by atoms with Crippen LogP contribution >= 0.6 is 0 Å². The number of rotatable bonds is 4. The number of aromatic hydroxyl groups is 1. The Bertz CT molecular complexity index is 1420. The smallest absolute Gasteiger partial charge is 0.255 e. The van der Waals surface area contributed by atoms with Gasteiger partial charge in [-0.1, -0.05) is 48.5 Å². The molecule has 0 fully saturated rings. The Morgan fingerprint density at radius 3 is 2.38 bits per heavy atom. The molecule has 156 valence electrons. The third-order valence-electron chi connectivity index (χ3n) is 5.28. The van der Waals surface area contributed by atoms with E-state index in [1.54, 1.807) is 24.3 Å². The predicted molar refractivity (Wildman–Crippen MR) is 126 cm³/mol. The average Bonchev–Trinajstić information content (AvgIpc) is 3.22. The summed E-state index contributed by atoms with van der Waals surface area (Å²) in [4.78, 5) is 17.1. The van der Waals surface area contributed by atoms with Crippen LogP contribution in [0.2, 0.25) is 0 Å². The highest BCUT2D eigenvalue weighted by Crippen LogP contribution is 2.33. The maximum Gasteiger partial charge on any atom is 0.255 e. The number of anilines is 1. The molecular formula is C27H20N2O3. The molecule has 32 heavy (non-hydrogen) atoms. The van der Waals surface area contributed by atoms with Gasteiger partial charge in [-0.2, -0.15) is 0 Å². The SMILES string of the molecule is Cc1ccc2oc(-c3ccc(NC(=O)c4ccc(-c5ccccc5)cc4)cc3O)nc2c1. The van der Waals surface area contributed by atoms with Crippen LogP contribution < -0.4 is 5.32 Å². The van der Waals surface area contributed by atoms with Crippen molar-refractivity contribution in [1.29, 1.82) is 0 Å². The van der Waals surface area contributed by atoms with Gasteiger partial charge in [-0.25, -0.2) is 4.98 Å². The van der Waals surface area contributed by atoms with E-state index in [4.69, 9.17) is 4.42 Å². The predicted octanol–water partition coefficient (Wildman–Crippen LogP) is 6.43. The van der Waals surface area contributed by atoms with Crippen LogP contribution in [0.15, 0.2) is 95.4 Å². The van der Waals surface area contributed by atoms with Gasteiger partial charge in [0.25, 0.3) is 5.91 Å². The summed E-state index contributed by atoms with van der Waals surface area (Å²) in [5.41, 5.74) is 6.07. The summed E-state index contributed by atoms with van der Waals surface area (Å²) < 4.78 is 5.77. The fourth-order valence-electron chi connectivity index (χ4n) is 3.59. The van der Waals surface area contributed by atoms with E-state index < -0.39 is 0 Å². The molecule has 1 heterocycles. The molecule has 5 aromatic rings. The molecule has 0 spiro atoms. The van der Waals surface area contributed by atoms with Crippen LogP contribution in [0, 0.1) is 6.92 Å². The standard InChI is InChI=1S/C27H20N2O3/c1-17-7-14-25-23(15-17)29-27(32-25)22-13-12-21(16-24(22)30)28-26(31)20-10-8-19(9-11-20)18-5-3-2-4-6-18/h2-16,30H,1H3,(H,28,31). The summed E-state index contributed by atoms with van der Waals surface area (Å²) >= 11 is 0. The van der Waals surface area contributed by atoms with Crippen LogP contribution in [-0.4, -0.2) is 16.0 Å². The molecular weight excluding hydrogens is 400 g/mol. The minimum Gasteiger partial charge on any atom is -0.507 e. The second-order valence-electron chi connectivity index (χ2n) is 7.62. The molecule has 0 bridgehead atoms. The molecule has 5 heteroatoms. The largest absolute Gasteiger partial charge is 0.507 e. The summed E-state index contributed by atoms with van der Waals surface area (Å²) in [5, 5.41) is 13.3. The normalized spacial score (nSPS) is 10.9. The Kier molecular flexibility index (Phi) is 4.92. The molecule has 1 amide bonds. The molecule has 1 aromatic heterocycles. The number of aryl methyl sites for hydroxylation is 1. The van der Waals surface area contributed by atoms with Crippen molar-refractivity contribution in [1.82, 2.24) is 4.98 Å². The zero-order chi connectivity index (χ0) is 22.1. The number of hydrogen-bond acceptors (Lipinski definition) is 4. The van der Waals surface area contributed by atoms with E-state index >= 15 is 0 Å². The second-order valence-corrected chi connectivity index (χ2v) is 7.62. The molecule has 0 aliphatic carbocycles. The van der Waals surface area contributed by atoms with Gasteiger partial charge in [0.15, 0.2) is 5.58 Å². The maximum atomic E-state index is 12.7. The number of amides is 1. The number of benzene rings is 4. The highest BCUT2D eigenvalue weighted by molar-refractivity contribution is 6.04. The zero-order valence-electron chi connectivity index (χ0n) is 17.4. The lowest BCUT2D eigenvalue weighted by Gasteiger charge is -2.08. The van der Waals surface area contributed by atoms with Crippen molar-refractivity contribution in [2.75, 3.05) is 5.32 Å². The van der Waals surface area contributed by atoms with Gasteiger partial charge in [0.1, 0.15) is 11.3 Å². The number of aromatic nitrogens is 1. The van der Waals surface area contributed by atoms with Gasteiger partial charge < -0.3 is 14.8 Å². The number of nitrogens with zero attached hydrogens (tertiary/aromatic N) is 1. The van der Waals surface area contributed by atoms with Crippen LogP contribution in [0.4, 0.5) is 5.69 Å². The molecule has 0 saturated carbocycles. The number of oxazole rings is 1. The summed E-state index contributed by atoms with van der Waals surface area (Å²) in [6, 6.07) is 28.0. The second kappa shape index (κ2) is 8.04. The van der Waals surface area contributed by atoms with Crippen LogP contribution in [0.3, 0.4) is 0 Å². The van der Waals surface area contributed by atoms with E-state index in [-0.39, 0.29) is 11.7 Å². The van der Waals surface area contributed by atoms with Crippen molar-refractivity contribution >= 4 is 22.7 Å². The first-order chi connectivity index (χ1) is 15.6. The summed E-state index contributed by atoms with van der Waals surface area (Å²) in [7, 11) is 0. The third-order valence-corrected chi connectivity index (χ3v) is 5.28. The Morgan fingerprint density at radius 1 is 0.875 bits per heavy atom. The molecule has 0 unspecified atom stereocenters. The summed E-state index contributed by atoms with van der Waals surface area (Å²) in [6.45, 7) is 1.98. The van der Waals surface area contributed by atoms with Crippen LogP contribution in [0.1, 0.15) is 15.9 Å². The summed E-state index contributed by atoms with van der Waals surface area (Å²) in [5.74, 6) is 0.0529. The first-order valence-corrected chi connectivity index (χ1v) is 10.2. The summed E-state index contributed by atoms with van der Waals surface area (Å²) in [6.07, 6.45) is 0. The fraction of sp³-hybridized carbons (Fsp3) is 0.0370. The fourth-order valence-corrected chi connectivity index (χ4v) is 3.59. The number of phenolic OH excluding ortho intramolecular Hbond substituents is 1. The van der Waals surface area contributed by atoms with E-state index in [1.807, 2.05) is 67.6 Å². The molecule has 0 atom stereocenters. The number of nitrogens with one attached hydrogen (secondary N) is 1. The van der Waals surface area contributed by atoms with Crippen molar-refractivity contribution in [2.45, 2.75) is 6.92 Å². The van der Waals surface area contributed by atoms with Crippen molar-refractivity contribution in [3.63, 3.8) is 0 Å². The Morgan fingerprint density at radius 2 is 1.62 bits per heavy atom. The van der Waals surface area contributed by atoms with E-state index in [2.05, 4.69) is 10.3 Å². The highest BCUT2D eigenvalue weighted by atomic mass is 16.3. The molecule has 0 saturated heterocycles. The number of hydrogen-bond donors (Lipinski definition) is 2. The van der Waals surface area contributed by atoms with Gasteiger partial charge in [-0.15, -0.1) is 0 Å². The van der Waals surface area contributed by atoms with E-state index in [0.29, 0.717) is 28.3 Å². The lowest BCUT2D eigenvalue weighted by molar-refractivity contribution is 0.102. The van der Waals surface area contributed by atoms with Crippen molar-refractivity contribution in [2.24, 2.45) is 0 Å². The third kappa shape index (κ3) is 3.84. The van der Waals surface area contributed by atoms with Crippen molar-refractivity contribution in [3.8, 4) is 28.3 Å². The van der Waals surface area contributed by atoms with E-state index in [0.717, 1.165) is 22.2 Å². The quantitative estimate of drug-likeness (QED) is 0.351. The van der Waals surface area contributed by atoms with Crippen molar-refractivity contribution < 1.29 is 14.3 Å². The van der Waals surface area contributed by atoms with Crippen LogP contribution in [0.5, 0.6) is 5.75 Å². The molecule has 0 aliphatic rings. The van der Waals surface area contributed by atoms with Crippen molar-refractivity contribution in [3.05, 3.63) is 102 Å². The Labute approximate surface area is 185 Å². The van der Waals surface area contributed by atoms with Gasteiger partial charge in [0, 0.05) is 17.3 Å². The lowest BCUT2D eigenvalue weighted by Crippen LogP contribution is -2.11. The Balaban J connectivity index is 1.34. The molecule has 2 N–H and O–H groups in total. The van der Waals surface area contributed by atoms with E-state index in [1.165, 1.54) is 6.07 Å². The first kappa shape index (κ1) is 19.6. The number of carbonyl (C=O) groups is 1. The molecule has 0 aliphatic heterocycles. The number of fused-ring (bicyclic) bond motifs is 1. The monoisotopic (exact) mass is 420 g/mol. The first-order valence-electron chi connectivity index (χ1n) is 10.2. The topological polar surface area (TPSA) is 75.4 Å². The number of carbonyl (C=O) groups excluding carboxylic acids is 1. The van der Waals surface area contributed by atoms with Crippen LogP contribution in [0.25, 0.3) is 33.7 Å². The molecule has 0 radical (unpaired) electrons. The molecule has 5 nitrogen and oxygen atoms in total. The maximum absolute atomic E-state index is 12.7. The molecule has 4 aromatic carbocycles. The van der Waals surface area contributed by atoms with Gasteiger partial charge in [-0.3, -0.25) is 4.79 Å². The van der Waals surface area contributed by atoms with Gasteiger partial charge in [0.05, 0.1) is 5.56 Å². The minimum atomic E-state index is -0.255. The minimum absolute atomic E-state index is 0.0227. The van der Waals surface area contributed by atoms with E-state index in [9.17, 15) is 9.90 Å². The Hall–Kier alpha value is -4.38. The van der Waals surface area contributed by atoms with Gasteiger partial charge >= 0.3 is 0 Å². The van der Waals surface area contributed by atoms with Gasteiger partial charge in [-0.05, 0) is 60.0 Å². The average molecular weight is 420 g/mol. The number of phenols is 1. The highest BCUT2D eigenvalue weighted by Gasteiger charge is 2.14. The lowest BCUT2D eigenvalue weighted by atomic mass is 10.0. The molecule has 5 rings (SSSR count). The van der Waals surface area contributed by atoms with Crippen LogP contribution in [-0.2, 0) is 0 Å². The zero-order valence-corrected chi connectivity index (χ0v) is 17.4.